The molecular weight excluding hydrogens is 449 g/mol. The second-order valence-electron chi connectivity index (χ2n) is 9.00. The summed E-state index contributed by atoms with van der Waals surface area (Å²) in [5, 5.41) is 0.732. The van der Waals surface area contributed by atoms with Gasteiger partial charge in [0.25, 0.3) is 0 Å². The van der Waals surface area contributed by atoms with Crippen LogP contribution in [0.25, 0.3) is 0 Å². The zero-order chi connectivity index (χ0) is 22.1. The molecule has 0 unspecified atom stereocenters. The molecule has 7 heteroatoms. The highest BCUT2D eigenvalue weighted by molar-refractivity contribution is 6.36. The van der Waals surface area contributed by atoms with Crippen molar-refractivity contribution in [3.05, 3.63) is 70.2 Å². The summed E-state index contributed by atoms with van der Waals surface area (Å²) in [5.41, 5.74) is 0.840. The van der Waals surface area contributed by atoms with E-state index in [9.17, 15) is 14.4 Å². The van der Waals surface area contributed by atoms with E-state index in [1.54, 1.807) is 36.4 Å². The number of ketones is 1. The average Bonchev–Trinajstić information content (AvgIpc) is 3.58. The van der Waals surface area contributed by atoms with E-state index in [1.807, 2.05) is 0 Å². The first-order chi connectivity index (χ1) is 15.4. The molecule has 6 atom stereocenters. The minimum absolute atomic E-state index is 0.0934. The fourth-order valence-electron chi connectivity index (χ4n) is 5.84. The molecule has 2 saturated carbocycles. The maximum atomic E-state index is 13.2. The van der Waals surface area contributed by atoms with Gasteiger partial charge < -0.3 is 4.74 Å². The van der Waals surface area contributed by atoms with Crippen molar-refractivity contribution in [2.75, 3.05) is 11.5 Å². The number of rotatable bonds is 5. The Morgan fingerprint density at radius 3 is 2.19 bits per heavy atom. The normalized spacial score (nSPS) is 31.5. The van der Waals surface area contributed by atoms with Crippen LogP contribution in [0.2, 0.25) is 10.0 Å². The summed E-state index contributed by atoms with van der Waals surface area (Å²) in [7, 11) is 0. The van der Waals surface area contributed by atoms with Crippen LogP contribution in [0.1, 0.15) is 16.8 Å². The van der Waals surface area contributed by atoms with Gasteiger partial charge in [-0.1, -0.05) is 35.4 Å². The quantitative estimate of drug-likeness (QED) is 0.359. The molecule has 2 aromatic carbocycles. The summed E-state index contributed by atoms with van der Waals surface area (Å²) in [6.07, 6.45) is 5.46. The number of imide groups is 1. The predicted molar refractivity (Wildman–Crippen MR) is 120 cm³/mol. The molecule has 1 heterocycles. The largest absolute Gasteiger partial charge is 0.485 e. The Morgan fingerprint density at radius 1 is 0.938 bits per heavy atom. The number of carbonyl (C=O) groups is 3. The van der Waals surface area contributed by atoms with Crippen LogP contribution in [0, 0.1) is 35.5 Å². The SMILES string of the molecule is O=C(COc1ccc(N2C(=O)[C@@H]3[C@@H]4C=C[C@@H]([C@H]5C[C@@H]45)[C@@H]3C2=O)cc1)c1cc(Cl)ccc1Cl. The second-order valence-corrected chi connectivity index (χ2v) is 9.84. The molecule has 0 spiro atoms. The molecule has 2 aromatic rings. The van der Waals surface area contributed by atoms with Crippen LogP contribution in [0.5, 0.6) is 5.75 Å². The van der Waals surface area contributed by atoms with Gasteiger partial charge in [-0.3, -0.25) is 19.3 Å². The Bertz CT molecular complexity index is 1150. The number of allylic oxidation sites excluding steroid dienone is 2. The van der Waals surface area contributed by atoms with E-state index < -0.39 is 0 Å². The molecule has 162 valence electrons. The number of ether oxygens (including phenoxy) is 1. The second kappa shape index (κ2) is 7.19. The van der Waals surface area contributed by atoms with Gasteiger partial charge in [0.05, 0.1) is 22.5 Å². The van der Waals surface area contributed by atoms with Crippen LogP contribution in [-0.2, 0) is 9.59 Å². The Morgan fingerprint density at radius 2 is 1.56 bits per heavy atom. The summed E-state index contributed by atoms with van der Waals surface area (Å²) in [4.78, 5) is 40.1. The van der Waals surface area contributed by atoms with Gasteiger partial charge in [-0.15, -0.1) is 0 Å². The van der Waals surface area contributed by atoms with E-state index >= 15 is 0 Å². The highest BCUT2D eigenvalue weighted by Gasteiger charge is 2.67. The Labute approximate surface area is 194 Å². The lowest BCUT2D eigenvalue weighted by Crippen LogP contribution is -2.40. The lowest BCUT2D eigenvalue weighted by Gasteiger charge is -2.37. The highest BCUT2D eigenvalue weighted by atomic mass is 35.5. The van der Waals surface area contributed by atoms with Crippen LogP contribution >= 0.6 is 23.2 Å². The van der Waals surface area contributed by atoms with Crippen LogP contribution in [0.3, 0.4) is 0 Å². The third-order valence-corrected chi connectivity index (χ3v) is 7.92. The van der Waals surface area contributed by atoms with Crippen LogP contribution in [0.4, 0.5) is 5.69 Å². The fourth-order valence-corrected chi connectivity index (χ4v) is 6.24. The smallest absolute Gasteiger partial charge is 0.238 e. The summed E-state index contributed by atoms with van der Waals surface area (Å²) in [5.74, 6) is 1.07. The molecule has 1 saturated heterocycles. The summed E-state index contributed by atoms with van der Waals surface area (Å²) < 4.78 is 5.60. The van der Waals surface area contributed by atoms with Gasteiger partial charge in [0.2, 0.25) is 17.6 Å². The minimum atomic E-state index is -0.294. The zero-order valence-corrected chi connectivity index (χ0v) is 18.4. The molecule has 4 aliphatic carbocycles. The third-order valence-electron chi connectivity index (χ3n) is 7.36. The predicted octanol–water partition coefficient (Wildman–Crippen LogP) is 4.81. The Balaban J connectivity index is 1.16. The zero-order valence-electron chi connectivity index (χ0n) is 16.9. The van der Waals surface area contributed by atoms with E-state index in [-0.39, 0.29) is 47.9 Å². The maximum absolute atomic E-state index is 13.2. The molecule has 5 nitrogen and oxygen atoms in total. The molecule has 0 aromatic heterocycles. The van der Waals surface area contributed by atoms with Crippen LogP contribution in [-0.4, -0.2) is 24.2 Å². The molecule has 0 N–H and O–H groups in total. The minimum Gasteiger partial charge on any atom is -0.485 e. The molecule has 2 amide bonds. The van der Waals surface area contributed by atoms with Gasteiger partial charge in [-0.25, -0.2) is 0 Å². The van der Waals surface area contributed by atoms with Crippen molar-refractivity contribution in [3.8, 4) is 5.75 Å². The summed E-state index contributed by atoms with van der Waals surface area (Å²) in [6, 6.07) is 11.4. The van der Waals surface area contributed by atoms with Crippen LogP contribution < -0.4 is 9.64 Å². The number of benzene rings is 2. The molecular formula is C25H19Cl2NO4. The topological polar surface area (TPSA) is 63.7 Å². The van der Waals surface area contributed by atoms with Gasteiger partial charge in [-0.2, -0.15) is 0 Å². The monoisotopic (exact) mass is 467 g/mol. The maximum Gasteiger partial charge on any atom is 0.238 e. The van der Waals surface area contributed by atoms with Crippen molar-refractivity contribution < 1.29 is 19.1 Å². The number of nitrogens with zero attached hydrogens (tertiary/aromatic N) is 1. The fraction of sp³-hybridized carbons (Fsp3) is 0.320. The molecule has 2 bridgehead atoms. The lowest BCUT2D eigenvalue weighted by molar-refractivity contribution is -0.124. The van der Waals surface area contributed by atoms with Crippen molar-refractivity contribution in [1.29, 1.82) is 0 Å². The number of carbonyl (C=O) groups excluding carboxylic acids is 3. The number of anilines is 1. The van der Waals surface area contributed by atoms with Crippen molar-refractivity contribution in [2.45, 2.75) is 6.42 Å². The first kappa shape index (κ1) is 20.0. The number of hydrogen-bond donors (Lipinski definition) is 0. The number of Topliss-reactive ketones (excluding diaryl/α,β-unsaturated/α-hetero) is 1. The molecule has 5 aliphatic rings. The molecule has 0 radical (unpaired) electrons. The summed E-state index contributed by atoms with van der Waals surface area (Å²) >= 11 is 12.0. The Hall–Kier alpha value is -2.63. The van der Waals surface area contributed by atoms with Crippen molar-refractivity contribution in [2.24, 2.45) is 35.5 Å². The number of amides is 2. The standard InChI is InChI=1S/C25H19Cl2NO4/c26-12-1-8-20(27)19(9-12)21(29)11-32-14-4-2-13(3-5-14)28-24(30)22-15-6-7-16(18-10-17(15)18)23(22)25(28)31/h1-9,15-18,22-23H,10-11H2/t15-,16+,17+,18-,22-,23+. The van der Waals surface area contributed by atoms with Crippen molar-refractivity contribution in [3.63, 3.8) is 0 Å². The van der Waals surface area contributed by atoms with Gasteiger partial charge in [0.1, 0.15) is 5.75 Å². The van der Waals surface area contributed by atoms with E-state index in [0.717, 1.165) is 6.42 Å². The molecule has 7 rings (SSSR count). The van der Waals surface area contributed by atoms with E-state index in [4.69, 9.17) is 27.9 Å². The number of hydrogen-bond acceptors (Lipinski definition) is 4. The molecule has 3 fully saturated rings. The Kier molecular flexibility index (Phi) is 4.50. The van der Waals surface area contributed by atoms with Gasteiger partial charge in [0.15, 0.2) is 6.61 Å². The molecule has 32 heavy (non-hydrogen) atoms. The van der Waals surface area contributed by atoms with E-state index in [1.165, 1.54) is 11.0 Å². The third kappa shape index (κ3) is 2.95. The van der Waals surface area contributed by atoms with Crippen molar-refractivity contribution in [1.82, 2.24) is 0 Å². The van der Waals surface area contributed by atoms with Gasteiger partial charge in [0, 0.05) is 10.6 Å². The average molecular weight is 468 g/mol. The highest BCUT2D eigenvalue weighted by Crippen LogP contribution is 2.65. The first-order valence-electron chi connectivity index (χ1n) is 10.7. The van der Waals surface area contributed by atoms with E-state index in [2.05, 4.69) is 12.2 Å². The summed E-state index contributed by atoms with van der Waals surface area (Å²) in [6.45, 7) is -0.205. The lowest BCUT2D eigenvalue weighted by atomic mass is 9.63. The van der Waals surface area contributed by atoms with Crippen LogP contribution in [0.15, 0.2) is 54.6 Å². The van der Waals surface area contributed by atoms with Gasteiger partial charge >= 0.3 is 0 Å². The van der Waals surface area contributed by atoms with E-state index in [0.29, 0.717) is 38.9 Å². The van der Waals surface area contributed by atoms with Crippen molar-refractivity contribution >= 4 is 46.5 Å². The first-order valence-corrected chi connectivity index (χ1v) is 11.5. The number of halogens is 2. The molecule has 1 aliphatic heterocycles. The van der Waals surface area contributed by atoms with Gasteiger partial charge in [-0.05, 0) is 72.6 Å².